The first kappa shape index (κ1) is 23.2. The van der Waals surface area contributed by atoms with Gasteiger partial charge in [-0.05, 0) is 71.5 Å². The molecule has 0 saturated heterocycles. The molecule has 0 aliphatic carbocycles. The van der Waals surface area contributed by atoms with Crippen LogP contribution in [0, 0.1) is 3.57 Å². The second-order valence-corrected chi connectivity index (χ2v) is 7.47. The molecule has 1 heterocycles. The molecule has 1 aromatic heterocycles. The molecule has 3 aromatic rings. The summed E-state index contributed by atoms with van der Waals surface area (Å²) in [7, 11) is 0. The van der Waals surface area contributed by atoms with Crippen LogP contribution in [0.15, 0.2) is 42.5 Å². The molecule has 28 heavy (non-hydrogen) atoms. The molecule has 142 valence electrons. The van der Waals surface area contributed by atoms with Crippen molar-refractivity contribution in [2.24, 2.45) is 0 Å². The topological polar surface area (TPSA) is 57.5 Å². The van der Waals surface area contributed by atoms with Crippen LogP contribution in [0.5, 0.6) is 5.75 Å². The number of nitrogens with zero attached hydrogens (tertiary/aromatic N) is 1. The van der Waals surface area contributed by atoms with Crippen molar-refractivity contribution in [3.63, 3.8) is 0 Å². The average Bonchev–Trinajstić information content (AvgIpc) is 2.96. The predicted octanol–water partition coefficient (Wildman–Crippen LogP) is 2.17. The van der Waals surface area contributed by atoms with Crippen LogP contribution in [0.1, 0.15) is 31.3 Å². The van der Waals surface area contributed by atoms with E-state index in [1.807, 2.05) is 28.8 Å². The van der Waals surface area contributed by atoms with Crippen LogP contribution < -0.4 is 34.3 Å². The van der Waals surface area contributed by atoms with E-state index in [2.05, 4.69) is 22.6 Å². The summed E-state index contributed by atoms with van der Waals surface area (Å²) in [6.45, 7) is 3.89. The number of halogens is 2. The van der Waals surface area contributed by atoms with Gasteiger partial charge in [-0.15, -0.1) is 0 Å². The first-order valence-electron chi connectivity index (χ1n) is 8.31. The smallest absolute Gasteiger partial charge is 1.00 e. The third kappa shape index (κ3) is 5.30. The average molecular weight is 522 g/mol. The fourth-order valence-corrected chi connectivity index (χ4v) is 3.54. The Hall–Kier alpha value is -1.06. The van der Waals surface area contributed by atoms with Crippen LogP contribution in [0.3, 0.4) is 0 Å². The summed E-state index contributed by atoms with van der Waals surface area (Å²) >= 11 is 8.29. The number of ether oxygens (including phenoxy) is 2. The molecule has 0 radical (unpaired) electrons. The van der Waals surface area contributed by atoms with Gasteiger partial charge in [-0.2, -0.15) is 0 Å². The summed E-state index contributed by atoms with van der Waals surface area (Å²) in [6.07, 6.45) is 0. The van der Waals surface area contributed by atoms with E-state index in [-0.39, 0.29) is 37.6 Å². The van der Waals surface area contributed by atoms with Crippen LogP contribution in [-0.4, -0.2) is 23.1 Å². The van der Waals surface area contributed by atoms with Crippen LogP contribution in [-0.2, 0) is 16.1 Å². The fraction of sp³-hybridized carbons (Fsp3) is 0.200. The first-order chi connectivity index (χ1) is 12.9. The Labute approximate surface area is 205 Å². The fourth-order valence-electron chi connectivity index (χ4n) is 2.84. The van der Waals surface area contributed by atoms with Gasteiger partial charge in [-0.1, -0.05) is 17.7 Å². The Morgan fingerprint density at radius 2 is 1.93 bits per heavy atom. The molecular formula is C20H18ClINNaO4. The van der Waals surface area contributed by atoms with E-state index in [0.29, 0.717) is 23.0 Å². The molecule has 0 amide bonds. The van der Waals surface area contributed by atoms with E-state index < -0.39 is 11.9 Å². The maximum Gasteiger partial charge on any atom is 1.00 e. The van der Waals surface area contributed by atoms with Crippen LogP contribution in [0.4, 0.5) is 0 Å². The maximum absolute atomic E-state index is 12.5. The Balaban J connectivity index is 0.00000210. The van der Waals surface area contributed by atoms with E-state index in [1.54, 1.807) is 25.1 Å². The van der Waals surface area contributed by atoms with Gasteiger partial charge < -0.3 is 15.5 Å². The molecule has 0 saturated carbocycles. The minimum absolute atomic E-state index is 0. The molecule has 8 heteroatoms. The summed E-state index contributed by atoms with van der Waals surface area (Å²) in [5.74, 6) is -0.356. The zero-order chi connectivity index (χ0) is 19.6. The molecule has 0 aliphatic rings. The molecule has 0 unspecified atom stereocenters. The minimum atomic E-state index is -0.397. The number of hydrogen-bond donors (Lipinski definition) is 0. The second-order valence-electron chi connectivity index (χ2n) is 5.90. The maximum atomic E-state index is 12.5. The molecule has 2 aromatic carbocycles. The summed E-state index contributed by atoms with van der Waals surface area (Å²) in [6, 6.07) is 12.8. The number of carbonyl (C=O) groups is 2. The Morgan fingerprint density at radius 1 is 1.18 bits per heavy atom. The quantitative estimate of drug-likeness (QED) is 0.224. The SMILES string of the molecule is CCOC(=O)c1cc2cc(OC(C)=O)ccc2n1Cc1ccc(Cl)c(I)c1.[H-].[Na+]. The number of aromatic nitrogens is 1. The number of hydrogen-bond acceptors (Lipinski definition) is 4. The van der Waals surface area contributed by atoms with E-state index >= 15 is 0 Å². The molecule has 0 spiro atoms. The summed E-state index contributed by atoms with van der Waals surface area (Å²) in [5, 5.41) is 1.48. The molecule has 0 atom stereocenters. The number of carbonyl (C=O) groups excluding carboxylic acids is 2. The Morgan fingerprint density at radius 3 is 2.57 bits per heavy atom. The normalized spacial score (nSPS) is 10.4. The van der Waals surface area contributed by atoms with Gasteiger partial charge in [-0.3, -0.25) is 4.79 Å². The molecule has 3 rings (SSSR count). The van der Waals surface area contributed by atoms with E-state index in [4.69, 9.17) is 21.1 Å². The predicted molar refractivity (Wildman–Crippen MR) is 114 cm³/mol. The van der Waals surface area contributed by atoms with E-state index in [0.717, 1.165) is 20.0 Å². The molecule has 0 bridgehead atoms. The molecule has 0 N–H and O–H groups in total. The van der Waals surface area contributed by atoms with Gasteiger partial charge in [0.05, 0.1) is 11.6 Å². The number of esters is 2. The van der Waals surface area contributed by atoms with Crippen molar-refractivity contribution in [1.29, 1.82) is 0 Å². The van der Waals surface area contributed by atoms with Gasteiger partial charge in [0.2, 0.25) is 0 Å². The standard InChI is InChI=1S/C20H17ClINO4.Na.H/c1-3-26-20(25)19-10-14-9-15(27-12(2)24)5-7-18(14)23(19)11-13-4-6-16(21)17(22)8-13;;/h4-10H,3,11H2,1-2H3;;/q;+1;-1. The Bertz CT molecular complexity index is 1040. The zero-order valence-electron chi connectivity index (χ0n) is 16.8. The van der Waals surface area contributed by atoms with Gasteiger partial charge >= 0.3 is 41.5 Å². The third-order valence-corrected chi connectivity index (χ3v) is 5.48. The van der Waals surface area contributed by atoms with Gasteiger partial charge in [0.15, 0.2) is 0 Å². The van der Waals surface area contributed by atoms with Crippen molar-refractivity contribution in [3.05, 3.63) is 62.3 Å². The van der Waals surface area contributed by atoms with Crippen LogP contribution in [0.2, 0.25) is 5.02 Å². The van der Waals surface area contributed by atoms with Crippen molar-refractivity contribution in [1.82, 2.24) is 4.57 Å². The van der Waals surface area contributed by atoms with E-state index in [1.165, 1.54) is 6.92 Å². The van der Waals surface area contributed by atoms with Gasteiger partial charge in [0.1, 0.15) is 11.4 Å². The third-order valence-electron chi connectivity index (χ3n) is 3.94. The van der Waals surface area contributed by atoms with Gasteiger partial charge in [-0.25, -0.2) is 4.79 Å². The van der Waals surface area contributed by atoms with Crippen LogP contribution >= 0.6 is 34.2 Å². The summed E-state index contributed by atoms with van der Waals surface area (Å²) in [4.78, 5) is 23.7. The Kier molecular flexibility index (Phi) is 8.39. The number of benzene rings is 2. The van der Waals surface area contributed by atoms with E-state index in [9.17, 15) is 9.59 Å². The first-order valence-corrected chi connectivity index (χ1v) is 9.77. The van der Waals surface area contributed by atoms with Crippen molar-refractivity contribution in [3.8, 4) is 5.75 Å². The van der Waals surface area contributed by atoms with Crippen molar-refractivity contribution in [2.45, 2.75) is 20.4 Å². The minimum Gasteiger partial charge on any atom is -1.00 e. The molecule has 5 nitrogen and oxygen atoms in total. The second kappa shape index (κ2) is 10.1. The largest absolute Gasteiger partial charge is 1.00 e. The molecule has 0 aliphatic heterocycles. The summed E-state index contributed by atoms with van der Waals surface area (Å²) in [5.41, 5.74) is 2.30. The zero-order valence-corrected chi connectivity index (χ0v) is 20.7. The van der Waals surface area contributed by atoms with Crippen LogP contribution in [0.25, 0.3) is 10.9 Å². The molecular weight excluding hydrogens is 504 g/mol. The van der Waals surface area contributed by atoms with Crippen molar-refractivity contribution in [2.75, 3.05) is 6.61 Å². The monoisotopic (exact) mass is 521 g/mol. The van der Waals surface area contributed by atoms with Gasteiger partial charge in [0, 0.05) is 27.9 Å². The summed E-state index contributed by atoms with van der Waals surface area (Å²) < 4.78 is 13.2. The number of fused-ring (bicyclic) bond motifs is 1. The van der Waals surface area contributed by atoms with Gasteiger partial charge in [0.25, 0.3) is 0 Å². The van der Waals surface area contributed by atoms with Crippen molar-refractivity contribution >= 4 is 57.0 Å². The number of rotatable bonds is 5. The molecule has 0 fully saturated rings. The van der Waals surface area contributed by atoms with Crippen molar-refractivity contribution < 1.29 is 50.0 Å².